The quantitative estimate of drug-likeness (QED) is 0.889. The van der Waals surface area contributed by atoms with E-state index in [1.54, 1.807) is 6.07 Å². The largest absolute Gasteiger partial charge is 0.412 e. The fourth-order valence-corrected chi connectivity index (χ4v) is 1.57. The minimum absolute atomic E-state index is 0.112. The Labute approximate surface area is 115 Å². The SMILES string of the molecule is CCCNC(=O)Oc1cccc(C(C)(C)N(C)C)c1. The average molecular weight is 264 g/mol. The minimum atomic E-state index is -0.401. The van der Waals surface area contributed by atoms with Crippen LogP contribution >= 0.6 is 0 Å². The molecule has 0 aliphatic rings. The molecule has 106 valence electrons. The lowest BCUT2D eigenvalue weighted by Gasteiger charge is -2.33. The van der Waals surface area contributed by atoms with Crippen LogP contribution < -0.4 is 10.1 Å². The van der Waals surface area contributed by atoms with Crippen molar-refractivity contribution in [3.63, 3.8) is 0 Å². The number of rotatable bonds is 5. The Morgan fingerprint density at radius 2 is 2.05 bits per heavy atom. The van der Waals surface area contributed by atoms with Crippen molar-refractivity contribution in [2.24, 2.45) is 0 Å². The highest BCUT2D eigenvalue weighted by Gasteiger charge is 2.23. The zero-order valence-electron chi connectivity index (χ0n) is 12.5. The van der Waals surface area contributed by atoms with Gasteiger partial charge in [0.15, 0.2) is 0 Å². The Morgan fingerprint density at radius 3 is 2.63 bits per heavy atom. The third-order valence-corrected chi connectivity index (χ3v) is 3.39. The van der Waals surface area contributed by atoms with Crippen LogP contribution in [0.15, 0.2) is 24.3 Å². The van der Waals surface area contributed by atoms with E-state index in [0.717, 1.165) is 12.0 Å². The Hall–Kier alpha value is -1.55. The van der Waals surface area contributed by atoms with Crippen molar-refractivity contribution >= 4 is 6.09 Å². The number of ether oxygens (including phenoxy) is 1. The van der Waals surface area contributed by atoms with Crippen LogP contribution in [0, 0.1) is 0 Å². The predicted molar refractivity (Wildman–Crippen MR) is 77.5 cm³/mol. The monoisotopic (exact) mass is 264 g/mol. The molecule has 1 aromatic rings. The Morgan fingerprint density at radius 1 is 1.37 bits per heavy atom. The summed E-state index contributed by atoms with van der Waals surface area (Å²) in [6, 6.07) is 7.64. The Bertz CT molecular complexity index is 428. The van der Waals surface area contributed by atoms with E-state index in [4.69, 9.17) is 4.74 Å². The number of hydrogen-bond donors (Lipinski definition) is 1. The van der Waals surface area contributed by atoms with Crippen LogP contribution in [0.4, 0.5) is 4.79 Å². The first-order valence-corrected chi connectivity index (χ1v) is 6.61. The third kappa shape index (κ3) is 4.24. The van der Waals surface area contributed by atoms with Crippen molar-refractivity contribution in [2.75, 3.05) is 20.6 Å². The second-order valence-electron chi connectivity index (χ2n) is 5.30. The van der Waals surface area contributed by atoms with Crippen molar-refractivity contribution in [3.8, 4) is 5.75 Å². The molecule has 4 heteroatoms. The molecule has 0 radical (unpaired) electrons. The molecule has 0 heterocycles. The summed E-state index contributed by atoms with van der Waals surface area (Å²) in [5.74, 6) is 0.570. The average Bonchev–Trinajstić information content (AvgIpc) is 2.36. The van der Waals surface area contributed by atoms with Crippen LogP contribution in [0.3, 0.4) is 0 Å². The summed E-state index contributed by atoms with van der Waals surface area (Å²) in [5.41, 5.74) is 0.998. The van der Waals surface area contributed by atoms with Gasteiger partial charge in [-0.1, -0.05) is 19.1 Å². The summed E-state index contributed by atoms with van der Waals surface area (Å²) < 4.78 is 5.26. The first-order chi connectivity index (χ1) is 8.87. The fraction of sp³-hybridized carbons (Fsp3) is 0.533. The van der Waals surface area contributed by atoms with E-state index in [-0.39, 0.29) is 5.54 Å². The van der Waals surface area contributed by atoms with Crippen LogP contribution in [0.1, 0.15) is 32.8 Å². The van der Waals surface area contributed by atoms with Crippen molar-refractivity contribution in [1.29, 1.82) is 0 Å². The van der Waals surface area contributed by atoms with Gasteiger partial charge in [-0.25, -0.2) is 4.79 Å². The standard InChI is InChI=1S/C15H24N2O2/c1-6-10-16-14(18)19-13-9-7-8-12(11-13)15(2,3)17(4)5/h7-9,11H,6,10H2,1-5H3,(H,16,18). The second-order valence-corrected chi connectivity index (χ2v) is 5.30. The van der Waals surface area contributed by atoms with E-state index in [1.807, 2.05) is 39.2 Å². The lowest BCUT2D eigenvalue weighted by atomic mass is 9.93. The van der Waals surface area contributed by atoms with Gasteiger partial charge < -0.3 is 15.0 Å². The molecule has 0 unspecified atom stereocenters. The van der Waals surface area contributed by atoms with Gasteiger partial charge in [0.2, 0.25) is 0 Å². The molecule has 0 saturated heterocycles. The molecular weight excluding hydrogens is 240 g/mol. The van der Waals surface area contributed by atoms with Crippen LogP contribution in [-0.2, 0) is 5.54 Å². The Balaban J connectivity index is 2.80. The summed E-state index contributed by atoms with van der Waals surface area (Å²) in [4.78, 5) is 13.7. The first kappa shape index (κ1) is 15.5. The summed E-state index contributed by atoms with van der Waals surface area (Å²) in [6.45, 7) is 6.88. The van der Waals surface area contributed by atoms with Crippen molar-refractivity contribution in [1.82, 2.24) is 10.2 Å². The lowest BCUT2D eigenvalue weighted by Crippen LogP contribution is -2.35. The highest BCUT2D eigenvalue weighted by Crippen LogP contribution is 2.28. The highest BCUT2D eigenvalue weighted by molar-refractivity contribution is 5.70. The normalized spacial score (nSPS) is 11.5. The van der Waals surface area contributed by atoms with Crippen LogP contribution in [0.2, 0.25) is 0 Å². The van der Waals surface area contributed by atoms with Gasteiger partial charge in [-0.05, 0) is 52.1 Å². The molecule has 0 aromatic heterocycles. The molecule has 1 amide bonds. The maximum Gasteiger partial charge on any atom is 0.412 e. The number of benzene rings is 1. The maximum absolute atomic E-state index is 11.5. The molecule has 0 aliphatic heterocycles. The molecule has 0 aliphatic carbocycles. The number of amides is 1. The summed E-state index contributed by atoms with van der Waals surface area (Å²) >= 11 is 0. The number of hydrogen-bond acceptors (Lipinski definition) is 3. The zero-order chi connectivity index (χ0) is 14.5. The van der Waals surface area contributed by atoms with E-state index in [1.165, 1.54) is 0 Å². The van der Waals surface area contributed by atoms with Crippen molar-refractivity contribution in [2.45, 2.75) is 32.7 Å². The van der Waals surface area contributed by atoms with E-state index >= 15 is 0 Å². The van der Waals surface area contributed by atoms with Gasteiger partial charge >= 0.3 is 6.09 Å². The van der Waals surface area contributed by atoms with Gasteiger partial charge in [0.05, 0.1) is 0 Å². The van der Waals surface area contributed by atoms with Gasteiger partial charge in [-0.3, -0.25) is 0 Å². The zero-order valence-corrected chi connectivity index (χ0v) is 12.5. The molecular formula is C15H24N2O2. The topological polar surface area (TPSA) is 41.6 Å². The molecule has 1 rings (SSSR count). The summed E-state index contributed by atoms with van der Waals surface area (Å²) in [5, 5.41) is 2.69. The van der Waals surface area contributed by atoms with Gasteiger partial charge in [0.25, 0.3) is 0 Å². The number of carbonyl (C=O) groups excluding carboxylic acids is 1. The van der Waals surface area contributed by atoms with E-state index in [0.29, 0.717) is 12.3 Å². The van der Waals surface area contributed by atoms with Gasteiger partial charge in [-0.15, -0.1) is 0 Å². The number of nitrogens with one attached hydrogen (secondary N) is 1. The molecule has 1 aromatic carbocycles. The smallest absolute Gasteiger partial charge is 0.410 e. The molecule has 0 fully saturated rings. The molecule has 0 saturated carbocycles. The summed E-state index contributed by atoms with van der Waals surface area (Å²) in [7, 11) is 4.06. The van der Waals surface area contributed by atoms with E-state index in [9.17, 15) is 4.79 Å². The van der Waals surface area contributed by atoms with Crippen LogP contribution in [-0.4, -0.2) is 31.6 Å². The number of carbonyl (C=O) groups is 1. The molecule has 0 spiro atoms. The van der Waals surface area contributed by atoms with E-state index < -0.39 is 6.09 Å². The molecule has 0 atom stereocenters. The lowest BCUT2D eigenvalue weighted by molar-refractivity contribution is 0.194. The second kappa shape index (κ2) is 6.57. The predicted octanol–water partition coefficient (Wildman–Crippen LogP) is 2.98. The van der Waals surface area contributed by atoms with Crippen LogP contribution in [0.5, 0.6) is 5.75 Å². The minimum Gasteiger partial charge on any atom is -0.410 e. The number of nitrogens with zero attached hydrogens (tertiary/aromatic N) is 1. The van der Waals surface area contributed by atoms with E-state index in [2.05, 4.69) is 24.1 Å². The van der Waals surface area contributed by atoms with Gasteiger partial charge in [0, 0.05) is 12.1 Å². The highest BCUT2D eigenvalue weighted by atomic mass is 16.6. The maximum atomic E-state index is 11.5. The Kier molecular flexibility index (Phi) is 5.36. The fourth-order valence-electron chi connectivity index (χ4n) is 1.57. The van der Waals surface area contributed by atoms with Crippen LogP contribution in [0.25, 0.3) is 0 Å². The van der Waals surface area contributed by atoms with Crippen molar-refractivity contribution in [3.05, 3.63) is 29.8 Å². The molecule has 19 heavy (non-hydrogen) atoms. The van der Waals surface area contributed by atoms with Crippen molar-refractivity contribution < 1.29 is 9.53 Å². The molecule has 0 bridgehead atoms. The first-order valence-electron chi connectivity index (χ1n) is 6.61. The molecule has 4 nitrogen and oxygen atoms in total. The van der Waals surface area contributed by atoms with Gasteiger partial charge in [0.1, 0.15) is 5.75 Å². The summed E-state index contributed by atoms with van der Waals surface area (Å²) in [6.07, 6.45) is 0.490. The van der Waals surface area contributed by atoms with Gasteiger partial charge in [-0.2, -0.15) is 0 Å². The third-order valence-electron chi connectivity index (χ3n) is 3.39. The molecule has 1 N–H and O–H groups in total.